The molecule has 0 saturated carbocycles. The van der Waals surface area contributed by atoms with Gasteiger partial charge in [-0.05, 0) is 41.5 Å². The van der Waals surface area contributed by atoms with Crippen LogP contribution in [0.25, 0.3) is 0 Å². The van der Waals surface area contributed by atoms with Crippen molar-refractivity contribution in [2.75, 3.05) is 12.9 Å². The van der Waals surface area contributed by atoms with E-state index in [0.29, 0.717) is 17.5 Å². The smallest absolute Gasteiger partial charge is 0.230 e. The lowest BCUT2D eigenvalue weighted by molar-refractivity contribution is -0.119. The molecule has 1 aromatic heterocycles. The maximum absolute atomic E-state index is 11.9. The molecule has 24 heavy (non-hydrogen) atoms. The zero-order valence-electron chi connectivity index (χ0n) is 14.2. The molecule has 1 amide bonds. The van der Waals surface area contributed by atoms with Crippen LogP contribution in [0.5, 0.6) is 5.75 Å². The Morgan fingerprint density at radius 3 is 2.79 bits per heavy atom. The summed E-state index contributed by atoms with van der Waals surface area (Å²) in [5.74, 6) is 1.11. The summed E-state index contributed by atoms with van der Waals surface area (Å²) in [5.41, 5.74) is 1.06. The Morgan fingerprint density at radius 1 is 1.38 bits per heavy atom. The average molecular weight is 349 g/mol. The summed E-state index contributed by atoms with van der Waals surface area (Å²) in [4.78, 5) is 11.9. The first-order valence-corrected chi connectivity index (χ1v) is 8.92. The number of aromatic nitrogens is 4. The number of amides is 1. The summed E-state index contributed by atoms with van der Waals surface area (Å²) >= 11 is 1.34. The second-order valence-electron chi connectivity index (χ2n) is 5.51. The number of methoxy groups -OCH3 is 1. The van der Waals surface area contributed by atoms with Gasteiger partial charge in [-0.1, -0.05) is 37.2 Å². The number of benzene rings is 1. The van der Waals surface area contributed by atoms with E-state index >= 15 is 0 Å². The Morgan fingerprint density at radius 2 is 2.12 bits per heavy atom. The Bertz CT molecular complexity index is 644. The molecule has 7 nitrogen and oxygen atoms in total. The van der Waals surface area contributed by atoms with E-state index in [2.05, 4.69) is 27.8 Å². The molecule has 1 unspecified atom stereocenters. The lowest BCUT2D eigenvalue weighted by Gasteiger charge is -2.12. The van der Waals surface area contributed by atoms with Gasteiger partial charge in [-0.2, -0.15) is 0 Å². The molecule has 8 heteroatoms. The van der Waals surface area contributed by atoms with Gasteiger partial charge in [0.15, 0.2) is 0 Å². The highest BCUT2D eigenvalue weighted by Gasteiger charge is 2.12. The van der Waals surface area contributed by atoms with E-state index < -0.39 is 0 Å². The maximum atomic E-state index is 11.9. The lowest BCUT2D eigenvalue weighted by atomic mass is 10.2. The van der Waals surface area contributed by atoms with Gasteiger partial charge in [-0.25, -0.2) is 4.68 Å². The SMILES string of the molecule is CCCC(C)NC(=O)CSc1nnnn1Cc1ccc(OC)cc1. The van der Waals surface area contributed by atoms with Crippen molar-refractivity contribution >= 4 is 17.7 Å². The molecule has 2 rings (SSSR count). The molecule has 0 aliphatic carbocycles. The zero-order valence-corrected chi connectivity index (χ0v) is 15.0. The van der Waals surface area contributed by atoms with Crippen molar-refractivity contribution < 1.29 is 9.53 Å². The van der Waals surface area contributed by atoms with Crippen LogP contribution in [-0.4, -0.2) is 45.0 Å². The van der Waals surface area contributed by atoms with Gasteiger partial charge in [0.25, 0.3) is 0 Å². The first kappa shape index (κ1) is 18.3. The monoisotopic (exact) mass is 349 g/mol. The van der Waals surface area contributed by atoms with Crippen LogP contribution in [0, 0.1) is 0 Å². The third kappa shape index (κ3) is 5.52. The standard InChI is InChI=1S/C16H23N5O2S/c1-4-5-12(2)17-15(22)11-24-16-18-19-20-21(16)10-13-6-8-14(23-3)9-7-13/h6-9,12H,4-5,10-11H2,1-3H3,(H,17,22). The highest BCUT2D eigenvalue weighted by molar-refractivity contribution is 7.99. The molecule has 0 bridgehead atoms. The highest BCUT2D eigenvalue weighted by atomic mass is 32.2. The number of hydrogen-bond acceptors (Lipinski definition) is 6. The maximum Gasteiger partial charge on any atom is 0.230 e. The van der Waals surface area contributed by atoms with Crippen molar-refractivity contribution in [1.82, 2.24) is 25.5 Å². The molecular formula is C16H23N5O2S. The van der Waals surface area contributed by atoms with Gasteiger partial charge in [-0.15, -0.1) is 5.10 Å². The Labute approximate surface area is 146 Å². The van der Waals surface area contributed by atoms with Crippen LogP contribution in [0.3, 0.4) is 0 Å². The molecule has 0 aliphatic rings. The predicted octanol–water partition coefficient (Wildman–Crippen LogP) is 2.13. The minimum absolute atomic E-state index is 0.0000486. The Kier molecular flexibility index (Phi) is 7.05. The molecule has 0 aliphatic heterocycles. The normalized spacial score (nSPS) is 12.0. The Hall–Kier alpha value is -2.09. The van der Waals surface area contributed by atoms with Gasteiger partial charge in [0.05, 0.1) is 19.4 Å². The van der Waals surface area contributed by atoms with Crippen LogP contribution in [0.2, 0.25) is 0 Å². The van der Waals surface area contributed by atoms with E-state index in [-0.39, 0.29) is 11.9 Å². The minimum atomic E-state index is -0.0000486. The molecule has 0 spiro atoms. The lowest BCUT2D eigenvalue weighted by Crippen LogP contribution is -2.33. The molecule has 0 saturated heterocycles. The summed E-state index contributed by atoms with van der Waals surface area (Å²) < 4.78 is 6.84. The summed E-state index contributed by atoms with van der Waals surface area (Å²) in [5, 5.41) is 15.3. The third-order valence-electron chi connectivity index (χ3n) is 3.45. The zero-order chi connectivity index (χ0) is 17.4. The number of carbonyl (C=O) groups excluding carboxylic acids is 1. The topological polar surface area (TPSA) is 81.9 Å². The van der Waals surface area contributed by atoms with Gasteiger partial charge < -0.3 is 10.1 Å². The van der Waals surface area contributed by atoms with Crippen molar-refractivity contribution in [1.29, 1.82) is 0 Å². The highest BCUT2D eigenvalue weighted by Crippen LogP contribution is 2.16. The van der Waals surface area contributed by atoms with E-state index in [1.807, 2.05) is 31.2 Å². The average Bonchev–Trinajstić information content (AvgIpc) is 3.01. The summed E-state index contributed by atoms with van der Waals surface area (Å²) in [7, 11) is 1.64. The van der Waals surface area contributed by atoms with Crippen LogP contribution in [-0.2, 0) is 11.3 Å². The van der Waals surface area contributed by atoms with E-state index in [9.17, 15) is 4.79 Å². The molecule has 130 valence electrons. The first-order chi connectivity index (χ1) is 11.6. The van der Waals surface area contributed by atoms with E-state index in [4.69, 9.17) is 4.74 Å². The van der Waals surface area contributed by atoms with Gasteiger partial charge in [-0.3, -0.25) is 4.79 Å². The molecule has 1 aromatic carbocycles. The molecule has 1 N–H and O–H groups in total. The number of carbonyl (C=O) groups is 1. The number of nitrogens with zero attached hydrogens (tertiary/aromatic N) is 4. The fraction of sp³-hybridized carbons (Fsp3) is 0.500. The van der Waals surface area contributed by atoms with Gasteiger partial charge in [0.2, 0.25) is 11.1 Å². The molecular weight excluding hydrogens is 326 g/mol. The van der Waals surface area contributed by atoms with E-state index in [1.165, 1.54) is 11.8 Å². The number of thioether (sulfide) groups is 1. The fourth-order valence-electron chi connectivity index (χ4n) is 2.25. The number of ether oxygens (including phenoxy) is 1. The Balaban J connectivity index is 1.89. The summed E-state index contributed by atoms with van der Waals surface area (Å²) in [6.45, 7) is 4.66. The molecule has 2 aromatic rings. The van der Waals surface area contributed by atoms with Crippen molar-refractivity contribution in [3.8, 4) is 5.75 Å². The number of nitrogens with one attached hydrogen (secondary N) is 1. The van der Waals surface area contributed by atoms with Gasteiger partial charge in [0.1, 0.15) is 5.75 Å². The van der Waals surface area contributed by atoms with Crippen molar-refractivity contribution in [3.63, 3.8) is 0 Å². The van der Waals surface area contributed by atoms with E-state index in [0.717, 1.165) is 24.2 Å². The number of hydrogen-bond donors (Lipinski definition) is 1. The van der Waals surface area contributed by atoms with Gasteiger partial charge in [0, 0.05) is 6.04 Å². The summed E-state index contributed by atoms with van der Waals surface area (Å²) in [6.07, 6.45) is 2.03. The summed E-state index contributed by atoms with van der Waals surface area (Å²) in [6, 6.07) is 7.92. The van der Waals surface area contributed by atoms with Crippen LogP contribution >= 0.6 is 11.8 Å². The number of rotatable bonds is 9. The largest absolute Gasteiger partial charge is 0.497 e. The molecule has 1 heterocycles. The van der Waals surface area contributed by atoms with Crippen LogP contribution in [0.15, 0.2) is 29.4 Å². The first-order valence-electron chi connectivity index (χ1n) is 7.93. The number of tetrazole rings is 1. The van der Waals surface area contributed by atoms with Crippen molar-refractivity contribution in [2.45, 2.75) is 44.4 Å². The van der Waals surface area contributed by atoms with Crippen LogP contribution < -0.4 is 10.1 Å². The second kappa shape index (κ2) is 9.27. The second-order valence-corrected chi connectivity index (χ2v) is 6.46. The fourth-order valence-corrected chi connectivity index (χ4v) is 2.94. The van der Waals surface area contributed by atoms with Crippen LogP contribution in [0.4, 0.5) is 0 Å². The minimum Gasteiger partial charge on any atom is -0.497 e. The molecule has 0 fully saturated rings. The quantitative estimate of drug-likeness (QED) is 0.699. The molecule has 0 radical (unpaired) electrons. The van der Waals surface area contributed by atoms with Crippen molar-refractivity contribution in [3.05, 3.63) is 29.8 Å². The van der Waals surface area contributed by atoms with Crippen molar-refractivity contribution in [2.24, 2.45) is 0 Å². The van der Waals surface area contributed by atoms with Gasteiger partial charge >= 0.3 is 0 Å². The molecule has 1 atom stereocenters. The van der Waals surface area contributed by atoms with E-state index in [1.54, 1.807) is 11.8 Å². The predicted molar refractivity (Wildman–Crippen MR) is 93.1 cm³/mol. The third-order valence-corrected chi connectivity index (χ3v) is 4.41. The van der Waals surface area contributed by atoms with Crippen LogP contribution in [0.1, 0.15) is 32.3 Å².